The second-order valence-corrected chi connectivity index (χ2v) is 5.21. The summed E-state index contributed by atoms with van der Waals surface area (Å²) in [5.74, 6) is 0.395. The molecule has 1 aromatic heterocycles. The van der Waals surface area contributed by atoms with Crippen LogP contribution in [0.1, 0.15) is 31.0 Å². The summed E-state index contributed by atoms with van der Waals surface area (Å²) in [5.41, 5.74) is 7.24. The number of ether oxygens (including phenoxy) is 1. The van der Waals surface area contributed by atoms with Crippen molar-refractivity contribution in [2.75, 3.05) is 0 Å². The maximum absolute atomic E-state index is 6.31. The predicted octanol–water partition coefficient (Wildman–Crippen LogP) is 1.64. The van der Waals surface area contributed by atoms with Crippen LogP contribution in [-0.4, -0.2) is 22.0 Å². The SMILES string of the molecule is Cn1ncc(Cl)c1C(N)C1CC2CCC1O2. The van der Waals surface area contributed by atoms with Gasteiger partial charge < -0.3 is 10.5 Å². The van der Waals surface area contributed by atoms with Crippen LogP contribution in [0.5, 0.6) is 0 Å². The fourth-order valence-electron chi connectivity index (χ4n) is 3.05. The van der Waals surface area contributed by atoms with E-state index in [1.807, 2.05) is 7.05 Å². The Morgan fingerprint density at radius 1 is 1.62 bits per heavy atom. The van der Waals surface area contributed by atoms with Gasteiger partial charge in [-0.2, -0.15) is 5.10 Å². The highest BCUT2D eigenvalue weighted by atomic mass is 35.5. The van der Waals surface area contributed by atoms with Crippen molar-refractivity contribution in [1.29, 1.82) is 0 Å². The molecule has 2 fully saturated rings. The number of nitrogens with two attached hydrogens (primary N) is 1. The molecule has 0 amide bonds. The molecule has 2 aliphatic heterocycles. The van der Waals surface area contributed by atoms with Crippen molar-refractivity contribution in [3.05, 3.63) is 16.9 Å². The third-order valence-corrected chi connectivity index (χ3v) is 4.16. The van der Waals surface area contributed by atoms with E-state index in [4.69, 9.17) is 22.1 Å². The van der Waals surface area contributed by atoms with Crippen LogP contribution in [0.3, 0.4) is 0 Å². The minimum atomic E-state index is -0.0599. The van der Waals surface area contributed by atoms with Gasteiger partial charge >= 0.3 is 0 Å². The molecule has 0 saturated carbocycles. The number of halogens is 1. The number of aromatic nitrogens is 2. The Balaban J connectivity index is 1.85. The Morgan fingerprint density at radius 2 is 2.44 bits per heavy atom. The van der Waals surface area contributed by atoms with Crippen LogP contribution in [0.25, 0.3) is 0 Å². The van der Waals surface area contributed by atoms with Crippen molar-refractivity contribution < 1.29 is 4.74 Å². The largest absolute Gasteiger partial charge is 0.375 e. The minimum absolute atomic E-state index is 0.0599. The van der Waals surface area contributed by atoms with Crippen molar-refractivity contribution in [1.82, 2.24) is 9.78 Å². The molecule has 4 unspecified atom stereocenters. The maximum atomic E-state index is 6.31. The van der Waals surface area contributed by atoms with Crippen molar-refractivity contribution in [3.63, 3.8) is 0 Å². The van der Waals surface area contributed by atoms with Crippen LogP contribution >= 0.6 is 11.6 Å². The Labute approximate surface area is 99.7 Å². The normalized spacial score (nSPS) is 34.6. The average molecular weight is 242 g/mol. The van der Waals surface area contributed by atoms with Gasteiger partial charge in [0.25, 0.3) is 0 Å². The lowest BCUT2D eigenvalue weighted by atomic mass is 9.83. The van der Waals surface area contributed by atoms with Crippen LogP contribution in [0, 0.1) is 5.92 Å². The van der Waals surface area contributed by atoms with Gasteiger partial charge in [0.1, 0.15) is 0 Å². The second kappa shape index (κ2) is 3.72. The van der Waals surface area contributed by atoms with E-state index in [0.717, 1.165) is 18.5 Å². The summed E-state index contributed by atoms with van der Waals surface area (Å²) in [4.78, 5) is 0. The van der Waals surface area contributed by atoms with Crippen molar-refractivity contribution in [2.45, 2.75) is 37.5 Å². The van der Waals surface area contributed by atoms with Crippen molar-refractivity contribution >= 4 is 11.6 Å². The first-order valence-corrected chi connectivity index (χ1v) is 6.13. The average Bonchev–Trinajstić information content (AvgIpc) is 2.93. The number of fused-ring (bicyclic) bond motifs is 2. The van der Waals surface area contributed by atoms with Gasteiger partial charge in [-0.3, -0.25) is 4.68 Å². The highest BCUT2D eigenvalue weighted by Gasteiger charge is 2.44. The summed E-state index contributed by atoms with van der Waals surface area (Å²) in [7, 11) is 1.88. The van der Waals surface area contributed by atoms with E-state index in [9.17, 15) is 0 Å². The summed E-state index contributed by atoms with van der Waals surface area (Å²) >= 11 is 6.12. The second-order valence-electron chi connectivity index (χ2n) is 4.80. The summed E-state index contributed by atoms with van der Waals surface area (Å²) in [5, 5.41) is 4.80. The topological polar surface area (TPSA) is 53.1 Å². The first-order chi connectivity index (χ1) is 7.66. The molecular weight excluding hydrogens is 226 g/mol. The minimum Gasteiger partial charge on any atom is -0.375 e. The molecule has 2 aliphatic rings. The molecule has 3 heterocycles. The zero-order chi connectivity index (χ0) is 11.3. The molecule has 0 aliphatic carbocycles. The number of aryl methyl sites for hydroxylation is 1. The Hall–Kier alpha value is -0.580. The van der Waals surface area contributed by atoms with Crippen molar-refractivity contribution in [3.8, 4) is 0 Å². The quantitative estimate of drug-likeness (QED) is 0.857. The molecular formula is C11H16ClN3O. The Morgan fingerprint density at radius 3 is 2.94 bits per heavy atom. The van der Waals surface area contributed by atoms with Crippen LogP contribution in [0.15, 0.2) is 6.20 Å². The molecule has 88 valence electrons. The molecule has 5 heteroatoms. The molecule has 2 N–H and O–H groups in total. The van der Waals surface area contributed by atoms with E-state index in [2.05, 4.69) is 5.10 Å². The zero-order valence-electron chi connectivity index (χ0n) is 9.27. The van der Waals surface area contributed by atoms with Crippen LogP contribution < -0.4 is 5.73 Å². The number of hydrogen-bond donors (Lipinski definition) is 1. The van der Waals surface area contributed by atoms with E-state index in [0.29, 0.717) is 23.1 Å². The van der Waals surface area contributed by atoms with E-state index < -0.39 is 0 Å². The molecule has 4 atom stereocenters. The van der Waals surface area contributed by atoms with Gasteiger partial charge in [0.15, 0.2) is 0 Å². The third-order valence-electron chi connectivity index (χ3n) is 3.87. The Kier molecular flexibility index (Phi) is 2.46. The molecule has 4 nitrogen and oxygen atoms in total. The first-order valence-electron chi connectivity index (χ1n) is 5.75. The number of nitrogens with zero attached hydrogens (tertiary/aromatic N) is 2. The molecule has 0 radical (unpaired) electrons. The highest BCUT2D eigenvalue weighted by molar-refractivity contribution is 6.31. The van der Waals surface area contributed by atoms with Crippen LogP contribution in [0.4, 0.5) is 0 Å². The van der Waals surface area contributed by atoms with Gasteiger partial charge in [-0.05, 0) is 19.3 Å². The summed E-state index contributed by atoms with van der Waals surface area (Å²) < 4.78 is 7.61. The summed E-state index contributed by atoms with van der Waals surface area (Å²) in [6, 6.07) is -0.0599. The molecule has 1 aromatic rings. The van der Waals surface area contributed by atoms with Gasteiger partial charge in [0.05, 0.1) is 35.2 Å². The van der Waals surface area contributed by atoms with E-state index in [-0.39, 0.29) is 6.04 Å². The van der Waals surface area contributed by atoms with Gasteiger partial charge in [-0.25, -0.2) is 0 Å². The molecule has 16 heavy (non-hydrogen) atoms. The fourth-order valence-corrected chi connectivity index (χ4v) is 3.34. The monoisotopic (exact) mass is 241 g/mol. The predicted molar refractivity (Wildman–Crippen MR) is 61.1 cm³/mol. The highest BCUT2D eigenvalue weighted by Crippen LogP contribution is 2.44. The molecule has 3 rings (SSSR count). The van der Waals surface area contributed by atoms with Crippen molar-refractivity contribution in [2.24, 2.45) is 18.7 Å². The maximum Gasteiger partial charge on any atom is 0.0834 e. The van der Waals surface area contributed by atoms with Crippen LogP contribution in [-0.2, 0) is 11.8 Å². The van der Waals surface area contributed by atoms with Gasteiger partial charge in [-0.1, -0.05) is 11.6 Å². The number of hydrogen-bond acceptors (Lipinski definition) is 3. The van der Waals surface area contributed by atoms with Crippen LogP contribution in [0.2, 0.25) is 5.02 Å². The van der Waals surface area contributed by atoms with Gasteiger partial charge in [0, 0.05) is 13.0 Å². The smallest absolute Gasteiger partial charge is 0.0834 e. The fraction of sp³-hybridized carbons (Fsp3) is 0.727. The molecule has 2 bridgehead atoms. The summed E-state index contributed by atoms with van der Waals surface area (Å²) in [6.07, 6.45) is 5.79. The number of rotatable bonds is 2. The standard InChI is InChI=1S/C11H16ClN3O/c1-15-11(8(12)5-14-15)10(13)7-4-6-2-3-9(7)16-6/h5-7,9-10H,2-4,13H2,1H3. The Bertz CT molecular complexity index is 386. The molecule has 0 aromatic carbocycles. The lowest BCUT2D eigenvalue weighted by Gasteiger charge is -2.25. The first kappa shape index (κ1) is 10.6. The van der Waals surface area contributed by atoms with E-state index in [1.54, 1.807) is 10.9 Å². The van der Waals surface area contributed by atoms with Gasteiger partial charge in [0.2, 0.25) is 0 Å². The lowest BCUT2D eigenvalue weighted by Crippen LogP contribution is -2.31. The van der Waals surface area contributed by atoms with E-state index >= 15 is 0 Å². The third kappa shape index (κ3) is 1.48. The summed E-state index contributed by atoms with van der Waals surface area (Å²) in [6.45, 7) is 0. The van der Waals surface area contributed by atoms with Gasteiger partial charge in [-0.15, -0.1) is 0 Å². The zero-order valence-corrected chi connectivity index (χ0v) is 10.0. The molecule has 2 saturated heterocycles. The molecule has 0 spiro atoms. The lowest BCUT2D eigenvalue weighted by molar-refractivity contribution is 0.0880. The van der Waals surface area contributed by atoms with E-state index in [1.165, 1.54) is 6.42 Å².